The van der Waals surface area contributed by atoms with Crippen LogP contribution in [0.4, 0.5) is 0 Å². The first kappa shape index (κ1) is 13.9. The lowest BCUT2D eigenvalue weighted by molar-refractivity contribution is 0.315. The van der Waals surface area contributed by atoms with Gasteiger partial charge in [-0.25, -0.2) is 8.42 Å². The highest BCUT2D eigenvalue weighted by molar-refractivity contribution is 7.90. The van der Waals surface area contributed by atoms with Gasteiger partial charge in [-0.1, -0.05) is 13.8 Å². The van der Waals surface area contributed by atoms with Crippen molar-refractivity contribution in [1.29, 1.82) is 10.5 Å². The Morgan fingerprint density at radius 3 is 1.80 bits per heavy atom. The standard InChI is InChI=1S/C9H15N3O2S/c1-7(2)8(3)12(4)15(13,14)9(5-10)6-11/h7-9H,1-4H3/t8-/m1/s1. The monoisotopic (exact) mass is 229 g/mol. The normalized spacial score (nSPS) is 13.9. The van der Waals surface area contributed by atoms with E-state index in [1.54, 1.807) is 6.92 Å². The van der Waals surface area contributed by atoms with E-state index >= 15 is 0 Å². The van der Waals surface area contributed by atoms with E-state index in [1.807, 2.05) is 13.8 Å². The molecule has 0 aromatic carbocycles. The second kappa shape index (κ2) is 5.11. The first-order valence-electron chi connectivity index (χ1n) is 4.55. The van der Waals surface area contributed by atoms with Gasteiger partial charge in [0, 0.05) is 13.1 Å². The van der Waals surface area contributed by atoms with E-state index in [-0.39, 0.29) is 12.0 Å². The lowest BCUT2D eigenvalue weighted by Gasteiger charge is -2.27. The number of hydrogen-bond acceptors (Lipinski definition) is 4. The highest BCUT2D eigenvalue weighted by Gasteiger charge is 2.33. The maximum atomic E-state index is 11.7. The van der Waals surface area contributed by atoms with Gasteiger partial charge < -0.3 is 0 Å². The molecule has 0 saturated carbocycles. The predicted molar refractivity (Wildman–Crippen MR) is 56.0 cm³/mol. The van der Waals surface area contributed by atoms with E-state index in [0.717, 1.165) is 4.31 Å². The zero-order valence-corrected chi connectivity index (χ0v) is 10.1. The Kier molecular flexibility index (Phi) is 4.73. The summed E-state index contributed by atoms with van der Waals surface area (Å²) in [5.74, 6) is 0.128. The summed E-state index contributed by atoms with van der Waals surface area (Å²) in [5.41, 5.74) is 0. The summed E-state index contributed by atoms with van der Waals surface area (Å²) >= 11 is 0. The highest BCUT2D eigenvalue weighted by Crippen LogP contribution is 2.15. The van der Waals surface area contributed by atoms with Crippen molar-refractivity contribution in [2.75, 3.05) is 7.05 Å². The summed E-state index contributed by atoms with van der Waals surface area (Å²) in [5, 5.41) is 15.5. The van der Waals surface area contributed by atoms with Gasteiger partial charge in [-0.15, -0.1) is 0 Å². The van der Waals surface area contributed by atoms with Crippen LogP contribution in [0, 0.1) is 28.6 Å². The Morgan fingerprint density at radius 2 is 1.53 bits per heavy atom. The van der Waals surface area contributed by atoms with Gasteiger partial charge in [-0.3, -0.25) is 0 Å². The van der Waals surface area contributed by atoms with Gasteiger partial charge in [0.25, 0.3) is 0 Å². The van der Waals surface area contributed by atoms with Crippen LogP contribution in [-0.4, -0.2) is 31.1 Å². The lowest BCUT2D eigenvalue weighted by atomic mass is 10.1. The minimum absolute atomic E-state index is 0.128. The molecule has 15 heavy (non-hydrogen) atoms. The lowest BCUT2D eigenvalue weighted by Crippen LogP contribution is -2.42. The average Bonchev–Trinajstić information content (AvgIpc) is 2.16. The number of sulfonamides is 1. The first-order chi connectivity index (χ1) is 6.78. The van der Waals surface area contributed by atoms with Crippen molar-refractivity contribution in [2.45, 2.75) is 32.1 Å². The first-order valence-corrected chi connectivity index (χ1v) is 6.05. The molecule has 0 unspecified atom stereocenters. The van der Waals surface area contributed by atoms with Gasteiger partial charge in [0.05, 0.1) is 12.1 Å². The van der Waals surface area contributed by atoms with Crippen LogP contribution in [0.15, 0.2) is 0 Å². The van der Waals surface area contributed by atoms with Crippen LogP contribution in [-0.2, 0) is 10.0 Å². The van der Waals surface area contributed by atoms with Crippen LogP contribution in [0.3, 0.4) is 0 Å². The molecule has 0 spiro atoms. The summed E-state index contributed by atoms with van der Waals surface area (Å²) in [4.78, 5) is 0. The molecule has 0 aliphatic rings. The van der Waals surface area contributed by atoms with E-state index < -0.39 is 15.3 Å². The van der Waals surface area contributed by atoms with E-state index in [4.69, 9.17) is 10.5 Å². The maximum Gasteiger partial charge on any atom is 0.247 e. The Labute approximate surface area is 91.0 Å². The van der Waals surface area contributed by atoms with Gasteiger partial charge in [-0.2, -0.15) is 14.8 Å². The summed E-state index contributed by atoms with van der Waals surface area (Å²) in [6.45, 7) is 5.50. The van der Waals surface area contributed by atoms with Gasteiger partial charge in [0.2, 0.25) is 15.3 Å². The molecule has 0 rings (SSSR count). The number of nitriles is 2. The van der Waals surface area contributed by atoms with Crippen molar-refractivity contribution in [3.8, 4) is 12.1 Å². The van der Waals surface area contributed by atoms with Crippen molar-refractivity contribution in [3.05, 3.63) is 0 Å². The third kappa shape index (κ3) is 2.92. The third-order valence-corrected chi connectivity index (χ3v) is 4.41. The molecule has 0 amide bonds. The van der Waals surface area contributed by atoms with Crippen LogP contribution in [0.1, 0.15) is 20.8 Å². The van der Waals surface area contributed by atoms with Gasteiger partial charge in [-0.05, 0) is 12.8 Å². The molecule has 5 nitrogen and oxygen atoms in total. The predicted octanol–water partition coefficient (Wildman–Crippen LogP) is 0.708. The minimum Gasteiger partial charge on any atom is -0.210 e. The zero-order chi connectivity index (χ0) is 12.2. The second-order valence-electron chi connectivity index (χ2n) is 3.68. The second-order valence-corrected chi connectivity index (χ2v) is 5.76. The van der Waals surface area contributed by atoms with Crippen molar-refractivity contribution in [1.82, 2.24) is 4.31 Å². The Bertz CT molecular complexity index is 375. The quantitative estimate of drug-likeness (QED) is 0.710. The SMILES string of the molecule is CC(C)[C@@H](C)N(C)S(=O)(=O)C(C#N)C#N. The molecular formula is C9H15N3O2S. The molecule has 0 radical (unpaired) electrons. The fourth-order valence-corrected chi connectivity index (χ4v) is 2.29. The van der Waals surface area contributed by atoms with E-state index in [1.165, 1.54) is 19.2 Å². The fraction of sp³-hybridized carbons (Fsp3) is 0.778. The summed E-state index contributed by atoms with van der Waals surface area (Å²) in [6, 6.07) is 2.72. The molecule has 0 bridgehead atoms. The minimum atomic E-state index is -3.83. The van der Waals surface area contributed by atoms with Crippen molar-refractivity contribution in [3.63, 3.8) is 0 Å². The molecule has 1 atom stereocenters. The summed E-state index contributed by atoms with van der Waals surface area (Å²) in [7, 11) is -2.44. The van der Waals surface area contributed by atoms with Crippen LogP contribution in [0.5, 0.6) is 0 Å². The van der Waals surface area contributed by atoms with Gasteiger partial charge in [0.1, 0.15) is 0 Å². The molecular weight excluding hydrogens is 214 g/mol. The van der Waals surface area contributed by atoms with Gasteiger partial charge in [0.15, 0.2) is 0 Å². The summed E-state index contributed by atoms with van der Waals surface area (Å²) < 4.78 is 24.5. The Balaban J connectivity index is 5.09. The third-order valence-electron chi connectivity index (χ3n) is 2.47. The molecule has 0 saturated heterocycles. The van der Waals surface area contributed by atoms with Crippen LogP contribution in [0.2, 0.25) is 0 Å². The van der Waals surface area contributed by atoms with Gasteiger partial charge >= 0.3 is 0 Å². The van der Waals surface area contributed by atoms with E-state index in [2.05, 4.69) is 0 Å². The number of hydrogen-bond donors (Lipinski definition) is 0. The van der Waals surface area contributed by atoms with Crippen LogP contribution >= 0.6 is 0 Å². The number of rotatable bonds is 4. The molecule has 0 aromatic rings. The molecule has 0 aromatic heterocycles. The Morgan fingerprint density at radius 1 is 1.13 bits per heavy atom. The fourth-order valence-electron chi connectivity index (χ4n) is 0.980. The molecule has 0 aliphatic heterocycles. The molecule has 0 aliphatic carbocycles. The zero-order valence-electron chi connectivity index (χ0n) is 9.30. The average molecular weight is 229 g/mol. The van der Waals surface area contributed by atoms with Crippen molar-refractivity contribution >= 4 is 10.0 Å². The molecule has 0 fully saturated rings. The largest absolute Gasteiger partial charge is 0.247 e. The molecule has 0 heterocycles. The number of nitrogens with zero attached hydrogens (tertiary/aromatic N) is 3. The van der Waals surface area contributed by atoms with Crippen molar-refractivity contribution in [2.24, 2.45) is 5.92 Å². The van der Waals surface area contributed by atoms with E-state index in [9.17, 15) is 8.42 Å². The van der Waals surface area contributed by atoms with Crippen LogP contribution < -0.4 is 0 Å². The topological polar surface area (TPSA) is 85.0 Å². The molecule has 84 valence electrons. The summed E-state index contributed by atoms with van der Waals surface area (Å²) in [6.07, 6.45) is 0. The smallest absolute Gasteiger partial charge is 0.210 e. The molecule has 0 N–H and O–H groups in total. The van der Waals surface area contributed by atoms with Crippen LogP contribution in [0.25, 0.3) is 0 Å². The maximum absolute atomic E-state index is 11.7. The Hall–Kier alpha value is -1.11. The van der Waals surface area contributed by atoms with E-state index in [0.29, 0.717) is 0 Å². The molecule has 6 heteroatoms. The highest BCUT2D eigenvalue weighted by atomic mass is 32.2. The van der Waals surface area contributed by atoms with Crippen molar-refractivity contribution < 1.29 is 8.42 Å².